The lowest BCUT2D eigenvalue weighted by Gasteiger charge is -2.31. The zero-order valence-electron chi connectivity index (χ0n) is 15.0. The van der Waals surface area contributed by atoms with Gasteiger partial charge in [-0.25, -0.2) is 4.98 Å². The second-order valence-electron chi connectivity index (χ2n) is 6.87. The van der Waals surface area contributed by atoms with Gasteiger partial charge in [0.15, 0.2) is 5.65 Å². The lowest BCUT2D eigenvalue weighted by Crippen LogP contribution is -2.36. The van der Waals surface area contributed by atoms with Crippen molar-refractivity contribution in [3.8, 4) is 11.1 Å². The van der Waals surface area contributed by atoms with Crippen LogP contribution in [0, 0.1) is 5.92 Å². The van der Waals surface area contributed by atoms with Gasteiger partial charge in [-0.1, -0.05) is 19.1 Å². The second kappa shape index (κ2) is 7.11. The Morgan fingerprint density at radius 2 is 2.04 bits per heavy atom. The summed E-state index contributed by atoms with van der Waals surface area (Å²) < 4.78 is 0. The van der Waals surface area contributed by atoms with Crippen molar-refractivity contribution in [3.05, 3.63) is 46.9 Å². The summed E-state index contributed by atoms with van der Waals surface area (Å²) in [4.78, 5) is 28.3. The number of thioether (sulfide) groups is 1. The Hall–Kier alpha value is -2.34. The zero-order valence-corrected chi connectivity index (χ0v) is 15.8. The van der Waals surface area contributed by atoms with Gasteiger partial charge >= 0.3 is 0 Å². The average molecular weight is 366 g/mol. The fraction of sp³-hybridized carbons (Fsp3) is 0.350. The van der Waals surface area contributed by atoms with Crippen molar-refractivity contribution in [1.29, 1.82) is 0 Å². The van der Waals surface area contributed by atoms with Crippen molar-refractivity contribution in [1.82, 2.24) is 15.0 Å². The van der Waals surface area contributed by atoms with E-state index in [4.69, 9.17) is 0 Å². The predicted molar refractivity (Wildman–Crippen MR) is 108 cm³/mol. The number of aromatic amines is 1. The Morgan fingerprint density at radius 1 is 1.23 bits per heavy atom. The Morgan fingerprint density at radius 3 is 2.77 bits per heavy atom. The first-order valence-corrected chi connectivity index (χ1v) is 10.2. The van der Waals surface area contributed by atoms with Crippen molar-refractivity contribution in [3.63, 3.8) is 0 Å². The minimum atomic E-state index is -0.125. The first-order chi connectivity index (χ1) is 12.7. The van der Waals surface area contributed by atoms with Crippen LogP contribution in [-0.2, 0) is 0 Å². The van der Waals surface area contributed by atoms with E-state index in [1.54, 1.807) is 18.0 Å². The molecule has 1 aliphatic rings. The van der Waals surface area contributed by atoms with E-state index in [1.165, 1.54) is 11.3 Å². The molecule has 6 heteroatoms. The number of hydrogen-bond donors (Lipinski definition) is 1. The van der Waals surface area contributed by atoms with Crippen molar-refractivity contribution < 1.29 is 0 Å². The second-order valence-corrected chi connectivity index (χ2v) is 7.75. The molecule has 0 aliphatic carbocycles. The summed E-state index contributed by atoms with van der Waals surface area (Å²) in [5.41, 5.74) is 2.26. The molecule has 1 saturated heterocycles. The van der Waals surface area contributed by atoms with Gasteiger partial charge in [-0.3, -0.25) is 9.78 Å². The molecule has 1 N–H and O–H groups in total. The zero-order chi connectivity index (χ0) is 18.1. The van der Waals surface area contributed by atoms with Crippen LogP contribution in [0.4, 0.5) is 5.95 Å². The number of rotatable bonds is 3. The maximum atomic E-state index is 12.9. The third-order valence-corrected chi connectivity index (χ3v) is 5.70. The van der Waals surface area contributed by atoms with E-state index in [0.717, 1.165) is 30.6 Å². The predicted octanol–water partition coefficient (Wildman–Crippen LogP) is 3.94. The molecule has 0 amide bonds. The van der Waals surface area contributed by atoms with Gasteiger partial charge < -0.3 is 4.90 Å². The summed E-state index contributed by atoms with van der Waals surface area (Å²) in [5, 5.41) is 0.554. The Bertz CT molecular complexity index is 983. The van der Waals surface area contributed by atoms with Crippen LogP contribution in [0.2, 0.25) is 0 Å². The molecule has 5 nitrogen and oxygen atoms in total. The molecule has 1 atom stereocenters. The molecule has 26 heavy (non-hydrogen) atoms. The normalized spacial score (nSPS) is 17.6. The Balaban J connectivity index is 1.80. The van der Waals surface area contributed by atoms with E-state index in [9.17, 15) is 4.79 Å². The molecule has 1 unspecified atom stereocenters. The highest BCUT2D eigenvalue weighted by molar-refractivity contribution is 7.98. The molecule has 0 bridgehead atoms. The highest BCUT2D eigenvalue weighted by Gasteiger charge is 2.20. The molecule has 2 aromatic heterocycles. The van der Waals surface area contributed by atoms with Crippen LogP contribution in [0.15, 0.2) is 46.2 Å². The fourth-order valence-corrected chi connectivity index (χ4v) is 4.00. The largest absolute Gasteiger partial charge is 0.342 e. The molecule has 0 saturated carbocycles. The van der Waals surface area contributed by atoms with Gasteiger partial charge in [-0.15, -0.1) is 11.8 Å². The number of H-pyrrole nitrogens is 1. The van der Waals surface area contributed by atoms with Crippen LogP contribution in [0.5, 0.6) is 0 Å². The van der Waals surface area contributed by atoms with Crippen molar-refractivity contribution in [2.75, 3.05) is 24.2 Å². The van der Waals surface area contributed by atoms with Gasteiger partial charge in [-0.2, -0.15) is 4.98 Å². The van der Waals surface area contributed by atoms with E-state index in [2.05, 4.69) is 45.2 Å². The van der Waals surface area contributed by atoms with Crippen LogP contribution < -0.4 is 10.5 Å². The third kappa shape index (κ3) is 3.21. The maximum absolute atomic E-state index is 12.9. The summed E-state index contributed by atoms with van der Waals surface area (Å²) in [6.07, 6.45) is 6.13. The monoisotopic (exact) mass is 366 g/mol. The van der Waals surface area contributed by atoms with Gasteiger partial charge in [0.1, 0.15) is 0 Å². The van der Waals surface area contributed by atoms with Crippen molar-refractivity contribution >= 4 is 28.7 Å². The van der Waals surface area contributed by atoms with Crippen LogP contribution in [0.1, 0.15) is 19.8 Å². The molecule has 1 aliphatic heterocycles. The molecule has 3 heterocycles. The number of nitrogens with one attached hydrogen (secondary N) is 1. The number of anilines is 1. The number of nitrogens with zero attached hydrogens (tertiary/aromatic N) is 3. The van der Waals surface area contributed by atoms with E-state index in [-0.39, 0.29) is 5.56 Å². The highest BCUT2D eigenvalue weighted by atomic mass is 32.2. The number of hydrogen-bond acceptors (Lipinski definition) is 5. The number of benzene rings is 1. The summed E-state index contributed by atoms with van der Waals surface area (Å²) in [6, 6.07) is 10.1. The minimum absolute atomic E-state index is 0.125. The third-order valence-electron chi connectivity index (χ3n) is 4.95. The number of pyridine rings is 1. The summed E-state index contributed by atoms with van der Waals surface area (Å²) >= 11 is 1.70. The molecule has 1 aromatic carbocycles. The summed E-state index contributed by atoms with van der Waals surface area (Å²) in [6.45, 7) is 4.08. The maximum Gasteiger partial charge on any atom is 0.262 e. The van der Waals surface area contributed by atoms with Gasteiger partial charge in [0.2, 0.25) is 5.95 Å². The van der Waals surface area contributed by atoms with Crippen molar-refractivity contribution in [2.24, 2.45) is 5.92 Å². The van der Waals surface area contributed by atoms with E-state index >= 15 is 0 Å². The molecule has 0 spiro atoms. The van der Waals surface area contributed by atoms with Crippen molar-refractivity contribution in [2.45, 2.75) is 24.7 Å². The highest BCUT2D eigenvalue weighted by Crippen LogP contribution is 2.27. The van der Waals surface area contributed by atoms with Crippen LogP contribution in [0.3, 0.4) is 0 Å². The van der Waals surface area contributed by atoms with E-state index in [0.29, 0.717) is 22.9 Å². The van der Waals surface area contributed by atoms with Gasteiger partial charge in [-0.05, 0) is 54.3 Å². The Labute approximate surface area is 156 Å². The van der Waals surface area contributed by atoms with Crippen LogP contribution >= 0.6 is 11.8 Å². The Kier molecular flexibility index (Phi) is 4.68. The lowest BCUT2D eigenvalue weighted by atomic mass is 10.0. The van der Waals surface area contributed by atoms with Gasteiger partial charge in [0, 0.05) is 24.2 Å². The SMILES string of the molecule is CSc1ccc(-c2ccnc3nc(N4CCCC(C)C4)[nH]c(=O)c23)cc1. The van der Waals surface area contributed by atoms with Gasteiger partial charge in [0.05, 0.1) is 5.39 Å². The smallest absolute Gasteiger partial charge is 0.262 e. The molecule has 1 fully saturated rings. The minimum Gasteiger partial charge on any atom is -0.342 e. The summed E-state index contributed by atoms with van der Waals surface area (Å²) in [7, 11) is 0. The molecule has 4 rings (SSSR count). The first kappa shape index (κ1) is 17.1. The number of fused-ring (bicyclic) bond motifs is 1. The number of piperidine rings is 1. The van der Waals surface area contributed by atoms with E-state index < -0.39 is 0 Å². The molecule has 3 aromatic rings. The lowest BCUT2D eigenvalue weighted by molar-refractivity contribution is 0.442. The van der Waals surface area contributed by atoms with Gasteiger partial charge in [0.25, 0.3) is 5.56 Å². The summed E-state index contributed by atoms with van der Waals surface area (Å²) in [5.74, 6) is 1.25. The number of aromatic nitrogens is 3. The standard InChI is InChI=1S/C20H22N4OS/c1-13-4-3-11-24(12-13)20-22-18-17(19(25)23-20)16(9-10-21-18)14-5-7-15(26-2)8-6-14/h5-10,13H,3-4,11-12H2,1-2H3,(H,21,22,23,25). The van der Waals surface area contributed by atoms with Crippen LogP contribution in [-0.4, -0.2) is 34.3 Å². The first-order valence-electron chi connectivity index (χ1n) is 8.94. The molecular weight excluding hydrogens is 344 g/mol. The topological polar surface area (TPSA) is 61.9 Å². The molecule has 134 valence electrons. The fourth-order valence-electron chi connectivity index (χ4n) is 3.59. The van der Waals surface area contributed by atoms with Crippen LogP contribution in [0.25, 0.3) is 22.2 Å². The molecular formula is C20H22N4OS. The molecule has 0 radical (unpaired) electrons. The average Bonchev–Trinajstić information content (AvgIpc) is 2.67. The quantitative estimate of drug-likeness (QED) is 0.711. The van der Waals surface area contributed by atoms with E-state index in [1.807, 2.05) is 18.2 Å².